The summed E-state index contributed by atoms with van der Waals surface area (Å²) in [4.78, 5) is 39.2. The number of hydrogen-bond acceptors (Lipinski definition) is 5. The first-order valence-electron chi connectivity index (χ1n) is 10.3. The normalized spacial score (nSPS) is 13.1. The van der Waals surface area contributed by atoms with Crippen molar-refractivity contribution in [3.63, 3.8) is 0 Å². The second kappa shape index (κ2) is 12.2. The highest BCUT2D eigenvalue weighted by molar-refractivity contribution is 5.92. The third-order valence-corrected chi connectivity index (χ3v) is 4.35. The van der Waals surface area contributed by atoms with Crippen molar-refractivity contribution in [1.82, 2.24) is 15.5 Å². The van der Waals surface area contributed by atoms with Gasteiger partial charge in [-0.1, -0.05) is 50.1 Å². The smallest absolute Gasteiger partial charge is 0.408 e. The van der Waals surface area contributed by atoms with E-state index in [1.165, 1.54) is 11.9 Å². The van der Waals surface area contributed by atoms with E-state index in [9.17, 15) is 19.5 Å². The van der Waals surface area contributed by atoms with Gasteiger partial charge < -0.3 is 25.4 Å². The molecular formula is C22H35N3O5. The van der Waals surface area contributed by atoms with E-state index in [0.29, 0.717) is 12.1 Å². The lowest BCUT2D eigenvalue weighted by Gasteiger charge is -2.31. The minimum Gasteiger partial charge on any atom is -0.444 e. The molecule has 0 saturated heterocycles. The van der Waals surface area contributed by atoms with Gasteiger partial charge in [0.15, 0.2) is 0 Å². The summed E-state index contributed by atoms with van der Waals surface area (Å²) in [6.07, 6.45) is 2.06. The Morgan fingerprint density at radius 1 is 1.13 bits per heavy atom. The van der Waals surface area contributed by atoms with E-state index in [4.69, 9.17) is 4.74 Å². The molecule has 3 N–H and O–H groups in total. The molecule has 3 amide bonds. The molecule has 168 valence electrons. The van der Waals surface area contributed by atoms with Gasteiger partial charge in [0.05, 0.1) is 6.61 Å². The molecular weight excluding hydrogens is 386 g/mol. The van der Waals surface area contributed by atoms with Gasteiger partial charge in [0.1, 0.15) is 17.7 Å². The molecule has 1 aromatic carbocycles. The van der Waals surface area contributed by atoms with Crippen molar-refractivity contribution in [3.8, 4) is 0 Å². The molecule has 0 fully saturated rings. The lowest BCUT2D eigenvalue weighted by atomic mass is 10.0. The Morgan fingerprint density at radius 3 is 2.30 bits per heavy atom. The maximum Gasteiger partial charge on any atom is 0.408 e. The van der Waals surface area contributed by atoms with E-state index in [0.717, 1.165) is 19.3 Å². The van der Waals surface area contributed by atoms with Gasteiger partial charge in [-0.05, 0) is 32.8 Å². The van der Waals surface area contributed by atoms with E-state index < -0.39 is 36.3 Å². The first kappa shape index (κ1) is 25.4. The third-order valence-electron chi connectivity index (χ3n) is 4.35. The molecule has 0 saturated carbocycles. The zero-order valence-electron chi connectivity index (χ0n) is 18.6. The van der Waals surface area contributed by atoms with Crippen LogP contribution in [0.3, 0.4) is 0 Å². The summed E-state index contributed by atoms with van der Waals surface area (Å²) in [5.74, 6) is -0.914. The van der Waals surface area contributed by atoms with Crippen LogP contribution in [-0.4, -0.2) is 59.8 Å². The molecule has 0 bridgehead atoms. The molecule has 1 aromatic rings. The third kappa shape index (κ3) is 8.41. The lowest BCUT2D eigenvalue weighted by Crippen LogP contribution is -2.53. The van der Waals surface area contributed by atoms with Crippen LogP contribution in [0.25, 0.3) is 0 Å². The van der Waals surface area contributed by atoms with Gasteiger partial charge in [0.2, 0.25) is 11.8 Å². The summed E-state index contributed by atoms with van der Waals surface area (Å²) in [5.41, 5.74) is -0.112. The molecule has 0 radical (unpaired) electrons. The molecule has 2 unspecified atom stereocenters. The molecule has 0 aliphatic carbocycles. The molecule has 0 aliphatic rings. The first-order chi connectivity index (χ1) is 14.1. The van der Waals surface area contributed by atoms with Crippen LogP contribution in [0.2, 0.25) is 0 Å². The Balaban J connectivity index is 2.97. The highest BCUT2D eigenvalue weighted by Crippen LogP contribution is 2.21. The summed E-state index contributed by atoms with van der Waals surface area (Å²) in [5, 5.41) is 14.9. The number of nitrogens with zero attached hydrogens (tertiary/aromatic N) is 1. The highest BCUT2D eigenvalue weighted by atomic mass is 16.6. The largest absolute Gasteiger partial charge is 0.444 e. The number of alkyl carbamates (subject to hydrolysis) is 1. The number of aliphatic hydroxyl groups is 1. The average molecular weight is 422 g/mol. The zero-order valence-corrected chi connectivity index (χ0v) is 18.6. The topological polar surface area (TPSA) is 108 Å². The Hall–Kier alpha value is -2.61. The first-order valence-corrected chi connectivity index (χ1v) is 10.3. The number of carbonyl (C=O) groups is 3. The Morgan fingerprint density at radius 2 is 1.77 bits per heavy atom. The molecule has 1 rings (SSSR count). The van der Waals surface area contributed by atoms with Crippen LogP contribution < -0.4 is 10.6 Å². The van der Waals surface area contributed by atoms with E-state index in [2.05, 4.69) is 17.6 Å². The zero-order chi connectivity index (χ0) is 22.7. The van der Waals surface area contributed by atoms with Crippen molar-refractivity contribution in [2.45, 2.75) is 64.6 Å². The highest BCUT2D eigenvalue weighted by Gasteiger charge is 2.33. The van der Waals surface area contributed by atoms with E-state index in [1.54, 1.807) is 45.0 Å². The Labute approximate surface area is 179 Å². The van der Waals surface area contributed by atoms with Gasteiger partial charge in [0, 0.05) is 13.6 Å². The minimum absolute atomic E-state index is 0.317. The lowest BCUT2D eigenvalue weighted by molar-refractivity contribution is -0.141. The van der Waals surface area contributed by atoms with Gasteiger partial charge in [-0.25, -0.2) is 4.79 Å². The number of amides is 3. The van der Waals surface area contributed by atoms with Crippen LogP contribution >= 0.6 is 0 Å². The second-order valence-corrected chi connectivity index (χ2v) is 8.14. The van der Waals surface area contributed by atoms with E-state index >= 15 is 0 Å². The van der Waals surface area contributed by atoms with Crippen LogP contribution in [0.5, 0.6) is 0 Å². The quantitative estimate of drug-likeness (QED) is 0.503. The van der Waals surface area contributed by atoms with Gasteiger partial charge >= 0.3 is 6.09 Å². The molecule has 0 heterocycles. The maximum absolute atomic E-state index is 13.0. The van der Waals surface area contributed by atoms with Crippen LogP contribution in [0.4, 0.5) is 4.79 Å². The number of unbranched alkanes of at least 4 members (excludes halogenated alkanes) is 2. The van der Waals surface area contributed by atoms with Crippen molar-refractivity contribution >= 4 is 17.9 Å². The number of benzene rings is 1. The fraction of sp³-hybridized carbons (Fsp3) is 0.591. The van der Waals surface area contributed by atoms with E-state index in [-0.39, 0.29) is 5.91 Å². The molecule has 0 spiro atoms. The average Bonchev–Trinajstić information content (AvgIpc) is 2.68. The summed E-state index contributed by atoms with van der Waals surface area (Å²) < 4.78 is 5.16. The number of likely N-dealkylation sites (N-methyl/N-ethyl adjacent to an activating group) is 1. The number of ether oxygens (including phenoxy) is 1. The minimum atomic E-state index is -1.23. The monoisotopic (exact) mass is 421 g/mol. The fourth-order valence-electron chi connectivity index (χ4n) is 2.88. The predicted molar refractivity (Wildman–Crippen MR) is 115 cm³/mol. The van der Waals surface area contributed by atoms with Crippen LogP contribution in [0.15, 0.2) is 30.3 Å². The predicted octanol–water partition coefficient (Wildman–Crippen LogP) is 2.38. The van der Waals surface area contributed by atoms with Gasteiger partial charge in [-0.3, -0.25) is 9.59 Å². The molecule has 8 nitrogen and oxygen atoms in total. The van der Waals surface area contributed by atoms with Crippen molar-refractivity contribution < 1.29 is 24.2 Å². The molecule has 0 aliphatic heterocycles. The molecule has 30 heavy (non-hydrogen) atoms. The molecule has 0 aromatic heterocycles. The number of carbonyl (C=O) groups excluding carboxylic acids is 3. The van der Waals surface area contributed by atoms with E-state index in [1.807, 2.05) is 6.07 Å². The van der Waals surface area contributed by atoms with Crippen molar-refractivity contribution in [3.05, 3.63) is 35.9 Å². The number of hydrogen-bond donors (Lipinski definition) is 3. The fourth-order valence-corrected chi connectivity index (χ4v) is 2.88. The van der Waals surface area contributed by atoms with Crippen LogP contribution in [0.1, 0.15) is 58.6 Å². The van der Waals surface area contributed by atoms with Crippen LogP contribution in [0, 0.1) is 0 Å². The Kier molecular flexibility index (Phi) is 10.3. The van der Waals surface area contributed by atoms with Crippen molar-refractivity contribution in [2.75, 3.05) is 20.2 Å². The summed E-state index contributed by atoms with van der Waals surface area (Å²) in [7, 11) is 1.48. The molecule has 8 heteroatoms. The van der Waals surface area contributed by atoms with Gasteiger partial charge in [-0.15, -0.1) is 0 Å². The van der Waals surface area contributed by atoms with Crippen molar-refractivity contribution in [2.24, 2.45) is 0 Å². The van der Waals surface area contributed by atoms with Gasteiger partial charge in [0.25, 0.3) is 0 Å². The number of nitrogens with one attached hydrogen (secondary N) is 2. The number of rotatable bonds is 10. The van der Waals surface area contributed by atoms with Crippen molar-refractivity contribution in [1.29, 1.82) is 0 Å². The Bertz CT molecular complexity index is 688. The standard InChI is InChI=1S/C22H35N3O5/c1-6-7-11-14-23-19(27)18(16-12-9-8-10-13-16)25(5)20(28)17(15-26)24-21(29)30-22(2,3)4/h8-10,12-13,17-18,26H,6-7,11,14-15H2,1-5H3,(H,23,27)(H,24,29). The molecule has 2 atom stereocenters. The van der Waals surface area contributed by atoms with Gasteiger partial charge in [-0.2, -0.15) is 0 Å². The number of aliphatic hydroxyl groups excluding tert-OH is 1. The summed E-state index contributed by atoms with van der Waals surface area (Å²) in [6.45, 7) is 7.06. The summed E-state index contributed by atoms with van der Waals surface area (Å²) in [6, 6.07) is 6.78. The van der Waals surface area contributed by atoms with Crippen LogP contribution in [-0.2, 0) is 14.3 Å². The maximum atomic E-state index is 13.0. The second-order valence-electron chi connectivity index (χ2n) is 8.14. The SMILES string of the molecule is CCCCCNC(=O)C(c1ccccc1)N(C)C(=O)C(CO)NC(=O)OC(C)(C)C. The summed E-state index contributed by atoms with van der Waals surface area (Å²) >= 11 is 0.